The Bertz CT molecular complexity index is 754. The maximum Gasteiger partial charge on any atom is 0.258 e. The highest BCUT2D eigenvalue weighted by Gasteiger charge is 2.37. The van der Waals surface area contributed by atoms with E-state index in [0.29, 0.717) is 5.75 Å². The van der Waals surface area contributed by atoms with Gasteiger partial charge in [-0.25, -0.2) is 4.39 Å². The average Bonchev–Trinajstić information content (AvgIpc) is 2.70. The maximum atomic E-state index is 13.2. The van der Waals surface area contributed by atoms with Crippen LogP contribution in [0.25, 0.3) is 0 Å². The number of carbonyl (C=O) groups excluding carboxylic acids is 1. The minimum atomic E-state index is -0.202. The summed E-state index contributed by atoms with van der Waals surface area (Å²) in [6.07, 6.45) is 4.72. The van der Waals surface area contributed by atoms with Crippen LogP contribution in [0.5, 0.6) is 5.75 Å². The Balaban J connectivity index is 1.51. The van der Waals surface area contributed by atoms with Crippen LogP contribution in [0.1, 0.15) is 31.2 Å². The van der Waals surface area contributed by atoms with E-state index in [4.69, 9.17) is 4.74 Å². The lowest BCUT2D eigenvalue weighted by Crippen LogP contribution is -2.52. The van der Waals surface area contributed by atoms with E-state index in [9.17, 15) is 9.18 Å². The molecule has 5 heteroatoms. The number of halogens is 1. The Hall–Kier alpha value is -2.40. The molecule has 2 aromatic carbocycles. The SMILES string of the molecule is CN(C)C1(Cc2ccc(F)cc2)CCC(NC(=O)COc2ccccc2)CC1. The van der Waals surface area contributed by atoms with Gasteiger partial charge in [0.1, 0.15) is 11.6 Å². The van der Waals surface area contributed by atoms with Crippen molar-refractivity contribution in [3.05, 3.63) is 66.0 Å². The van der Waals surface area contributed by atoms with Gasteiger partial charge in [0.25, 0.3) is 5.91 Å². The highest BCUT2D eigenvalue weighted by molar-refractivity contribution is 5.77. The molecule has 3 rings (SSSR count). The first kappa shape index (κ1) is 20.3. The van der Waals surface area contributed by atoms with Gasteiger partial charge in [-0.15, -0.1) is 0 Å². The molecule has 1 N–H and O–H groups in total. The Morgan fingerprint density at radius 3 is 2.36 bits per heavy atom. The molecule has 0 radical (unpaired) electrons. The van der Waals surface area contributed by atoms with Crippen LogP contribution in [-0.4, -0.2) is 43.1 Å². The minimum Gasteiger partial charge on any atom is -0.484 e. The van der Waals surface area contributed by atoms with E-state index in [1.165, 1.54) is 12.1 Å². The molecule has 1 fully saturated rings. The van der Waals surface area contributed by atoms with Crippen molar-refractivity contribution in [2.24, 2.45) is 0 Å². The van der Waals surface area contributed by atoms with Crippen LogP contribution in [0, 0.1) is 5.82 Å². The first-order chi connectivity index (χ1) is 13.5. The normalized spacial score (nSPS) is 22.1. The Kier molecular flexibility index (Phi) is 6.68. The van der Waals surface area contributed by atoms with E-state index in [-0.39, 0.29) is 29.9 Å². The number of amides is 1. The molecule has 0 saturated heterocycles. The fraction of sp³-hybridized carbons (Fsp3) is 0.435. The van der Waals surface area contributed by atoms with Crippen LogP contribution >= 0.6 is 0 Å². The van der Waals surface area contributed by atoms with Crippen LogP contribution in [0.4, 0.5) is 4.39 Å². The number of likely N-dealkylation sites (N-methyl/N-ethyl adjacent to an activating group) is 1. The summed E-state index contributed by atoms with van der Waals surface area (Å²) in [7, 11) is 4.21. The molecule has 1 aliphatic carbocycles. The van der Waals surface area contributed by atoms with Gasteiger partial charge < -0.3 is 15.0 Å². The van der Waals surface area contributed by atoms with Crippen molar-refractivity contribution in [3.8, 4) is 5.75 Å². The van der Waals surface area contributed by atoms with Gasteiger partial charge in [0, 0.05) is 11.6 Å². The molecule has 0 unspecified atom stereocenters. The van der Waals surface area contributed by atoms with Crippen molar-refractivity contribution in [2.75, 3.05) is 20.7 Å². The third-order valence-corrected chi connectivity index (χ3v) is 5.79. The van der Waals surface area contributed by atoms with Crippen LogP contribution < -0.4 is 10.1 Å². The smallest absolute Gasteiger partial charge is 0.258 e. The number of benzene rings is 2. The molecule has 4 nitrogen and oxygen atoms in total. The Morgan fingerprint density at radius 1 is 1.11 bits per heavy atom. The highest BCUT2D eigenvalue weighted by Crippen LogP contribution is 2.35. The second-order valence-corrected chi connectivity index (χ2v) is 7.87. The standard InChI is InChI=1S/C23H29FN2O2/c1-26(2)23(16-18-8-10-19(24)11-9-18)14-12-20(13-15-23)25-22(27)17-28-21-6-4-3-5-7-21/h3-11,20H,12-17H2,1-2H3,(H,25,27). The van der Waals surface area contributed by atoms with Crippen molar-refractivity contribution < 1.29 is 13.9 Å². The molecule has 1 saturated carbocycles. The number of nitrogens with one attached hydrogen (secondary N) is 1. The number of nitrogens with zero attached hydrogens (tertiary/aromatic N) is 1. The zero-order valence-electron chi connectivity index (χ0n) is 16.7. The average molecular weight is 384 g/mol. The van der Waals surface area contributed by atoms with Crippen LogP contribution in [0.15, 0.2) is 54.6 Å². The zero-order chi connectivity index (χ0) is 20.0. The lowest BCUT2D eigenvalue weighted by molar-refractivity contribution is -0.124. The third-order valence-electron chi connectivity index (χ3n) is 5.79. The van der Waals surface area contributed by atoms with Gasteiger partial charge in [-0.3, -0.25) is 4.79 Å². The van der Waals surface area contributed by atoms with Crippen molar-refractivity contribution >= 4 is 5.91 Å². The van der Waals surface area contributed by atoms with Gasteiger partial charge >= 0.3 is 0 Å². The summed E-state index contributed by atoms with van der Waals surface area (Å²) in [5, 5.41) is 3.11. The zero-order valence-corrected chi connectivity index (χ0v) is 16.7. The lowest BCUT2D eigenvalue weighted by atomic mass is 9.75. The monoisotopic (exact) mass is 384 g/mol. The number of hydrogen-bond donors (Lipinski definition) is 1. The molecule has 0 spiro atoms. The van der Waals surface area contributed by atoms with E-state index in [0.717, 1.165) is 37.7 Å². The largest absolute Gasteiger partial charge is 0.484 e. The number of carbonyl (C=O) groups is 1. The van der Waals surface area contributed by atoms with Gasteiger partial charge in [-0.1, -0.05) is 30.3 Å². The van der Waals surface area contributed by atoms with E-state index in [1.54, 1.807) is 0 Å². The van der Waals surface area contributed by atoms with Crippen LogP contribution in [0.3, 0.4) is 0 Å². The van der Waals surface area contributed by atoms with Crippen molar-refractivity contribution in [1.82, 2.24) is 10.2 Å². The Labute approximate surface area is 166 Å². The van der Waals surface area contributed by atoms with E-state index < -0.39 is 0 Å². The third kappa shape index (κ3) is 5.32. The first-order valence-corrected chi connectivity index (χ1v) is 9.86. The molecule has 28 heavy (non-hydrogen) atoms. The summed E-state index contributed by atoms with van der Waals surface area (Å²) in [4.78, 5) is 14.5. The quantitative estimate of drug-likeness (QED) is 0.789. The molecular formula is C23H29FN2O2. The number of hydrogen-bond acceptors (Lipinski definition) is 3. The van der Waals surface area contributed by atoms with Gasteiger partial charge in [0.05, 0.1) is 0 Å². The molecular weight excluding hydrogens is 355 g/mol. The fourth-order valence-corrected chi connectivity index (χ4v) is 4.00. The van der Waals surface area contributed by atoms with Crippen LogP contribution in [0.2, 0.25) is 0 Å². The van der Waals surface area contributed by atoms with Crippen molar-refractivity contribution in [1.29, 1.82) is 0 Å². The summed E-state index contributed by atoms with van der Waals surface area (Å²) in [6, 6.07) is 16.3. The molecule has 0 aliphatic heterocycles. The predicted molar refractivity (Wildman–Crippen MR) is 109 cm³/mol. The van der Waals surface area contributed by atoms with Crippen LogP contribution in [-0.2, 0) is 11.2 Å². The summed E-state index contributed by atoms with van der Waals surface area (Å²) in [5.74, 6) is 0.420. The maximum absolute atomic E-state index is 13.2. The molecule has 0 aromatic heterocycles. The molecule has 2 aromatic rings. The second-order valence-electron chi connectivity index (χ2n) is 7.87. The summed E-state index contributed by atoms with van der Waals surface area (Å²) in [6.45, 7) is 0.0366. The minimum absolute atomic E-state index is 0.0366. The fourth-order valence-electron chi connectivity index (χ4n) is 4.00. The number of ether oxygens (including phenoxy) is 1. The van der Waals surface area contributed by atoms with E-state index >= 15 is 0 Å². The highest BCUT2D eigenvalue weighted by atomic mass is 19.1. The lowest BCUT2D eigenvalue weighted by Gasteiger charge is -2.45. The summed E-state index contributed by atoms with van der Waals surface area (Å²) < 4.78 is 18.7. The Morgan fingerprint density at radius 2 is 1.75 bits per heavy atom. The molecule has 0 atom stereocenters. The van der Waals surface area contributed by atoms with Gasteiger partial charge in [0.15, 0.2) is 6.61 Å². The topological polar surface area (TPSA) is 41.6 Å². The van der Waals surface area contributed by atoms with Gasteiger partial charge in [-0.05, 0) is 76.0 Å². The van der Waals surface area contributed by atoms with Gasteiger partial charge in [-0.2, -0.15) is 0 Å². The number of rotatable bonds is 7. The van der Waals surface area contributed by atoms with E-state index in [2.05, 4.69) is 24.3 Å². The second kappa shape index (κ2) is 9.20. The molecule has 1 aliphatic rings. The van der Waals surface area contributed by atoms with Crippen molar-refractivity contribution in [3.63, 3.8) is 0 Å². The van der Waals surface area contributed by atoms with Gasteiger partial charge in [0.2, 0.25) is 0 Å². The van der Waals surface area contributed by atoms with Crippen molar-refractivity contribution in [2.45, 2.75) is 43.7 Å². The van der Waals surface area contributed by atoms with E-state index in [1.807, 2.05) is 42.5 Å². The first-order valence-electron chi connectivity index (χ1n) is 9.86. The molecule has 150 valence electrons. The summed E-state index contributed by atoms with van der Waals surface area (Å²) >= 11 is 0. The molecule has 0 heterocycles. The molecule has 1 amide bonds. The number of para-hydroxylation sites is 1. The molecule has 0 bridgehead atoms. The predicted octanol–water partition coefficient (Wildman–Crippen LogP) is 3.81. The summed E-state index contributed by atoms with van der Waals surface area (Å²) in [5.41, 5.74) is 1.19.